The molecule has 0 aliphatic rings. The van der Waals surface area contributed by atoms with Gasteiger partial charge in [-0.2, -0.15) is 0 Å². The molecular weight excluding hydrogens is 422 g/mol. The molecule has 0 spiro atoms. The van der Waals surface area contributed by atoms with E-state index in [1.807, 2.05) is 0 Å². The fourth-order valence-corrected chi connectivity index (χ4v) is 3.77. The normalized spacial score (nSPS) is 11.0. The smallest absolute Gasteiger partial charge is 0.274 e. The standard InChI is InChI=1S/C20H19N5O5S/c1-25-11-22-16(18(21)26)17(25)20(28)24-13-9-7-12(8-10-13)23-19(27)14-5-3-4-6-15(14)31(2,29)30/h3-11H,1-2H3,(H2,21,26)(H,23,27)(H,24,28). The number of carbonyl (C=O) groups excluding carboxylic acids is 3. The molecule has 0 aliphatic heterocycles. The molecule has 10 nitrogen and oxygen atoms in total. The molecule has 0 fully saturated rings. The van der Waals surface area contributed by atoms with Crippen LogP contribution in [0.1, 0.15) is 31.3 Å². The topological polar surface area (TPSA) is 153 Å². The van der Waals surface area contributed by atoms with Crippen molar-refractivity contribution in [2.45, 2.75) is 4.90 Å². The molecule has 0 bridgehead atoms. The summed E-state index contributed by atoms with van der Waals surface area (Å²) in [5, 5.41) is 5.24. The average molecular weight is 441 g/mol. The van der Waals surface area contributed by atoms with Gasteiger partial charge in [-0.1, -0.05) is 12.1 Å². The first-order valence-electron chi connectivity index (χ1n) is 8.91. The number of nitrogens with zero attached hydrogens (tertiary/aromatic N) is 2. The third-order valence-corrected chi connectivity index (χ3v) is 5.47. The highest BCUT2D eigenvalue weighted by Crippen LogP contribution is 2.19. The Labute approximate surface area is 178 Å². The molecular formula is C20H19N5O5S. The molecule has 0 unspecified atom stereocenters. The summed E-state index contributed by atoms with van der Waals surface area (Å²) in [7, 11) is -2.02. The number of aryl methyl sites for hydroxylation is 1. The second-order valence-electron chi connectivity index (χ2n) is 6.67. The number of sulfone groups is 1. The van der Waals surface area contributed by atoms with Gasteiger partial charge in [0.15, 0.2) is 15.5 Å². The van der Waals surface area contributed by atoms with E-state index < -0.39 is 27.6 Å². The number of hydrogen-bond acceptors (Lipinski definition) is 6. The molecule has 0 saturated heterocycles. The number of hydrogen-bond donors (Lipinski definition) is 3. The number of primary amides is 1. The molecule has 11 heteroatoms. The van der Waals surface area contributed by atoms with Gasteiger partial charge in [-0.05, 0) is 36.4 Å². The lowest BCUT2D eigenvalue weighted by Gasteiger charge is -2.10. The Morgan fingerprint density at radius 3 is 2.03 bits per heavy atom. The van der Waals surface area contributed by atoms with E-state index in [-0.39, 0.29) is 21.8 Å². The van der Waals surface area contributed by atoms with E-state index in [9.17, 15) is 22.8 Å². The Morgan fingerprint density at radius 1 is 0.935 bits per heavy atom. The van der Waals surface area contributed by atoms with Gasteiger partial charge < -0.3 is 20.9 Å². The second-order valence-corrected chi connectivity index (χ2v) is 8.66. The van der Waals surface area contributed by atoms with E-state index >= 15 is 0 Å². The number of nitrogens with two attached hydrogens (primary N) is 1. The molecule has 1 aromatic heterocycles. The van der Waals surface area contributed by atoms with E-state index in [4.69, 9.17) is 5.73 Å². The van der Waals surface area contributed by atoms with Gasteiger partial charge in [-0.15, -0.1) is 0 Å². The average Bonchev–Trinajstić information content (AvgIpc) is 3.10. The van der Waals surface area contributed by atoms with Crippen molar-refractivity contribution in [3.8, 4) is 0 Å². The first-order valence-corrected chi connectivity index (χ1v) is 10.8. The summed E-state index contributed by atoms with van der Waals surface area (Å²) >= 11 is 0. The van der Waals surface area contributed by atoms with Crippen molar-refractivity contribution in [1.82, 2.24) is 9.55 Å². The minimum absolute atomic E-state index is 0.0160. The maximum atomic E-state index is 12.5. The zero-order chi connectivity index (χ0) is 22.8. The number of aromatic nitrogens is 2. The van der Waals surface area contributed by atoms with Crippen molar-refractivity contribution in [3.05, 3.63) is 71.8 Å². The highest BCUT2D eigenvalue weighted by atomic mass is 32.2. The molecule has 2 aromatic carbocycles. The lowest BCUT2D eigenvalue weighted by Crippen LogP contribution is -2.22. The predicted octanol–water partition coefficient (Wildman–Crippen LogP) is 1.43. The molecule has 3 rings (SSSR count). The number of benzene rings is 2. The zero-order valence-electron chi connectivity index (χ0n) is 16.6. The van der Waals surface area contributed by atoms with Crippen LogP contribution in [0.2, 0.25) is 0 Å². The molecule has 3 aromatic rings. The number of nitrogens with one attached hydrogen (secondary N) is 2. The van der Waals surface area contributed by atoms with Gasteiger partial charge in [-0.25, -0.2) is 13.4 Å². The lowest BCUT2D eigenvalue weighted by molar-refractivity contribution is 0.0970. The first kappa shape index (κ1) is 21.7. The highest BCUT2D eigenvalue weighted by molar-refractivity contribution is 7.90. The van der Waals surface area contributed by atoms with Gasteiger partial charge in [0, 0.05) is 24.7 Å². The molecule has 3 amide bonds. The van der Waals surface area contributed by atoms with Crippen LogP contribution >= 0.6 is 0 Å². The molecule has 0 radical (unpaired) electrons. The maximum Gasteiger partial charge on any atom is 0.274 e. The molecule has 0 aliphatic carbocycles. The molecule has 31 heavy (non-hydrogen) atoms. The summed E-state index contributed by atoms with van der Waals surface area (Å²) in [5.74, 6) is -1.98. The third kappa shape index (κ3) is 4.78. The summed E-state index contributed by atoms with van der Waals surface area (Å²) < 4.78 is 25.2. The fourth-order valence-electron chi connectivity index (χ4n) is 2.88. The first-order chi connectivity index (χ1) is 14.6. The summed E-state index contributed by atoms with van der Waals surface area (Å²) in [5.41, 5.74) is 5.93. The Hall–Kier alpha value is -3.99. The van der Waals surface area contributed by atoms with Crippen LogP contribution in [0.15, 0.2) is 59.8 Å². The van der Waals surface area contributed by atoms with Crippen molar-refractivity contribution in [2.75, 3.05) is 16.9 Å². The van der Waals surface area contributed by atoms with Gasteiger partial charge in [0.1, 0.15) is 5.69 Å². The van der Waals surface area contributed by atoms with E-state index in [1.54, 1.807) is 13.1 Å². The third-order valence-electron chi connectivity index (χ3n) is 4.32. The molecule has 4 N–H and O–H groups in total. The minimum Gasteiger partial charge on any atom is -0.364 e. The lowest BCUT2D eigenvalue weighted by atomic mass is 10.2. The minimum atomic E-state index is -3.57. The molecule has 160 valence electrons. The number of amides is 3. The number of carbonyl (C=O) groups is 3. The Balaban J connectivity index is 1.75. The van der Waals surface area contributed by atoms with Crippen molar-refractivity contribution < 1.29 is 22.8 Å². The van der Waals surface area contributed by atoms with Crippen LogP contribution in [-0.2, 0) is 16.9 Å². The molecule has 1 heterocycles. The largest absolute Gasteiger partial charge is 0.364 e. The van der Waals surface area contributed by atoms with E-state index in [2.05, 4.69) is 15.6 Å². The van der Waals surface area contributed by atoms with Crippen LogP contribution in [0, 0.1) is 0 Å². The quantitative estimate of drug-likeness (QED) is 0.526. The van der Waals surface area contributed by atoms with Crippen molar-refractivity contribution >= 4 is 38.9 Å². The number of imidazole rings is 1. The number of rotatable bonds is 6. The van der Waals surface area contributed by atoms with Crippen molar-refractivity contribution in [3.63, 3.8) is 0 Å². The van der Waals surface area contributed by atoms with Crippen molar-refractivity contribution in [1.29, 1.82) is 0 Å². The van der Waals surface area contributed by atoms with Crippen LogP contribution in [0.4, 0.5) is 11.4 Å². The van der Waals surface area contributed by atoms with Crippen LogP contribution in [-0.4, -0.2) is 41.9 Å². The van der Waals surface area contributed by atoms with Gasteiger partial charge >= 0.3 is 0 Å². The van der Waals surface area contributed by atoms with Crippen molar-refractivity contribution in [2.24, 2.45) is 12.8 Å². The Bertz CT molecular complexity index is 1280. The Morgan fingerprint density at radius 2 is 1.48 bits per heavy atom. The second kappa shape index (κ2) is 8.40. The van der Waals surface area contributed by atoms with Gasteiger partial charge in [0.05, 0.1) is 16.8 Å². The maximum absolute atomic E-state index is 12.5. The van der Waals surface area contributed by atoms with Gasteiger partial charge in [0.25, 0.3) is 17.7 Å². The van der Waals surface area contributed by atoms with E-state index in [0.29, 0.717) is 11.4 Å². The zero-order valence-corrected chi connectivity index (χ0v) is 17.4. The predicted molar refractivity (Wildman–Crippen MR) is 114 cm³/mol. The summed E-state index contributed by atoms with van der Waals surface area (Å²) in [4.78, 5) is 40.2. The van der Waals surface area contributed by atoms with Crippen LogP contribution in [0.25, 0.3) is 0 Å². The van der Waals surface area contributed by atoms with Crippen LogP contribution < -0.4 is 16.4 Å². The van der Waals surface area contributed by atoms with Crippen LogP contribution in [0.5, 0.6) is 0 Å². The summed E-state index contributed by atoms with van der Waals surface area (Å²) in [6, 6.07) is 12.0. The molecule has 0 atom stereocenters. The summed E-state index contributed by atoms with van der Waals surface area (Å²) in [6.07, 6.45) is 2.34. The van der Waals surface area contributed by atoms with Crippen LogP contribution in [0.3, 0.4) is 0 Å². The Kier molecular flexibility index (Phi) is 5.88. The fraction of sp³-hybridized carbons (Fsp3) is 0.100. The van der Waals surface area contributed by atoms with Gasteiger partial charge in [0.2, 0.25) is 0 Å². The van der Waals surface area contributed by atoms with E-state index in [0.717, 1.165) is 6.26 Å². The SMILES string of the molecule is Cn1cnc(C(N)=O)c1C(=O)Nc1ccc(NC(=O)c2ccccc2S(C)(=O)=O)cc1. The number of anilines is 2. The van der Waals surface area contributed by atoms with Gasteiger partial charge in [-0.3, -0.25) is 14.4 Å². The highest BCUT2D eigenvalue weighted by Gasteiger charge is 2.21. The monoisotopic (exact) mass is 441 g/mol. The molecule has 0 saturated carbocycles. The van der Waals surface area contributed by atoms with E-state index in [1.165, 1.54) is 53.4 Å². The summed E-state index contributed by atoms with van der Waals surface area (Å²) in [6.45, 7) is 0.